The number of rotatable bonds is 10. The van der Waals surface area contributed by atoms with Gasteiger partial charge in [-0.15, -0.1) is 0 Å². The Balaban J connectivity index is 2.27. The Morgan fingerprint density at radius 1 is 1.10 bits per heavy atom. The van der Waals surface area contributed by atoms with Crippen LogP contribution in [0.5, 0.6) is 0 Å². The van der Waals surface area contributed by atoms with Crippen molar-refractivity contribution in [1.29, 1.82) is 0 Å². The van der Waals surface area contributed by atoms with Crippen LogP contribution >= 0.6 is 0 Å². The summed E-state index contributed by atoms with van der Waals surface area (Å²) in [6, 6.07) is -1.26. The number of carbonyl (C=O) groups is 3. The average Bonchev–Trinajstić information content (AvgIpc) is 3.33. The first kappa shape index (κ1) is 42.9. The predicted octanol–water partition coefficient (Wildman–Crippen LogP) is 2.66. The highest BCUT2D eigenvalue weighted by Crippen LogP contribution is 2.43. The van der Waals surface area contributed by atoms with Crippen molar-refractivity contribution in [2.75, 3.05) is 41.3 Å². The molecule has 3 saturated heterocycles. The second-order valence-electron chi connectivity index (χ2n) is 15.2. The molecule has 3 rings (SSSR count). The molecule has 51 heavy (non-hydrogen) atoms. The van der Waals surface area contributed by atoms with Gasteiger partial charge in [0.25, 0.3) is 5.67 Å². The normalized spacial score (nSPS) is 42.5. The summed E-state index contributed by atoms with van der Waals surface area (Å²) >= 11 is 0. The molecule has 0 saturated carbocycles. The molecular weight excluding hydrogens is 669 g/mol. The van der Waals surface area contributed by atoms with E-state index in [-0.39, 0.29) is 37.3 Å². The number of likely N-dealkylation sites (N-methyl/N-ethyl adjacent to an activating group) is 2. The number of cyclic esters (lactones) is 1. The Kier molecular flexibility index (Phi) is 14.4. The highest BCUT2D eigenvalue weighted by atomic mass is 19.1. The fourth-order valence-electron chi connectivity index (χ4n) is 8.25. The maximum atomic E-state index is 16.9. The summed E-state index contributed by atoms with van der Waals surface area (Å²) in [5.74, 6) is -5.23. The third kappa shape index (κ3) is 8.68. The van der Waals surface area contributed by atoms with Gasteiger partial charge in [0, 0.05) is 37.4 Å². The Morgan fingerprint density at radius 2 is 1.75 bits per heavy atom. The molecule has 0 aliphatic carbocycles. The summed E-state index contributed by atoms with van der Waals surface area (Å²) in [5.41, 5.74) is -3.03. The van der Waals surface area contributed by atoms with Gasteiger partial charge in [-0.05, 0) is 68.1 Å². The molecule has 0 aromatic rings. The SMILES string of the molecule is CCC[C@H]1OC(=O)[C@@](C)(F)C(=O)[C@H](C)[C@@H](O[C@@H]2O[C@H](C)C[C@H](N(C)C)[C@H]2O)[C@@](C)(OCCNC)C[C@@H](C)/C(=N\O)[C@H](C)[C@H]2N(NC)C(=O)O[C@]12C. The predicted molar refractivity (Wildman–Crippen MR) is 186 cm³/mol. The Hall–Kier alpha value is -2.47. The van der Waals surface area contributed by atoms with E-state index in [1.165, 1.54) is 19.0 Å². The van der Waals surface area contributed by atoms with Crippen LogP contribution in [0.1, 0.15) is 81.1 Å². The molecule has 0 spiro atoms. The largest absolute Gasteiger partial charge is 0.455 e. The van der Waals surface area contributed by atoms with E-state index in [0.29, 0.717) is 19.4 Å². The first-order chi connectivity index (χ1) is 23.7. The summed E-state index contributed by atoms with van der Waals surface area (Å²) < 4.78 is 47.8. The van der Waals surface area contributed by atoms with Gasteiger partial charge < -0.3 is 44.2 Å². The van der Waals surface area contributed by atoms with Crippen LogP contribution in [-0.2, 0) is 33.3 Å². The zero-order valence-electron chi connectivity index (χ0n) is 32.4. The van der Waals surface area contributed by atoms with Crippen molar-refractivity contribution in [3.05, 3.63) is 0 Å². The number of nitrogens with zero attached hydrogens (tertiary/aromatic N) is 3. The van der Waals surface area contributed by atoms with E-state index < -0.39 is 83.1 Å². The minimum Gasteiger partial charge on any atom is -0.455 e. The van der Waals surface area contributed by atoms with Gasteiger partial charge in [0.2, 0.25) is 0 Å². The number of halogens is 1. The molecule has 0 bridgehead atoms. The van der Waals surface area contributed by atoms with Gasteiger partial charge in [0.05, 0.1) is 30.1 Å². The van der Waals surface area contributed by atoms with Gasteiger partial charge in [0.15, 0.2) is 17.7 Å². The maximum absolute atomic E-state index is 16.9. The minimum absolute atomic E-state index is 0.0713. The van der Waals surface area contributed by atoms with Gasteiger partial charge >= 0.3 is 12.1 Å². The number of oxime groups is 1. The van der Waals surface area contributed by atoms with E-state index in [1.54, 1.807) is 27.8 Å². The Labute approximate surface area is 301 Å². The number of fused-ring (bicyclic) bond motifs is 1. The number of nitrogens with one attached hydrogen (secondary N) is 2. The molecule has 3 aliphatic heterocycles. The zero-order chi connectivity index (χ0) is 38.6. The van der Waals surface area contributed by atoms with Crippen LogP contribution in [0.15, 0.2) is 5.16 Å². The molecule has 3 fully saturated rings. The van der Waals surface area contributed by atoms with Gasteiger partial charge in [-0.2, -0.15) is 0 Å². The maximum Gasteiger partial charge on any atom is 0.425 e. The number of aliphatic hydroxyl groups excluding tert-OH is 1. The fraction of sp³-hybridized carbons (Fsp3) is 0.886. The van der Waals surface area contributed by atoms with Gasteiger partial charge in [-0.3, -0.25) is 4.79 Å². The van der Waals surface area contributed by atoms with Gasteiger partial charge in [-0.25, -0.2) is 24.4 Å². The lowest BCUT2D eigenvalue weighted by Gasteiger charge is -2.48. The number of hydrogen-bond acceptors (Lipinski definition) is 14. The number of ketones is 1. The van der Waals surface area contributed by atoms with Gasteiger partial charge in [0.1, 0.15) is 18.2 Å². The summed E-state index contributed by atoms with van der Waals surface area (Å²) in [6.07, 6.45) is -4.75. The lowest BCUT2D eigenvalue weighted by molar-refractivity contribution is -0.297. The molecule has 3 heterocycles. The van der Waals surface area contributed by atoms with Crippen molar-refractivity contribution in [2.45, 2.75) is 141 Å². The van der Waals surface area contributed by atoms with E-state index in [0.717, 1.165) is 6.92 Å². The van der Waals surface area contributed by atoms with Gasteiger partial charge in [-0.1, -0.05) is 39.3 Å². The van der Waals surface area contributed by atoms with E-state index >= 15 is 4.39 Å². The number of alkyl halides is 1. The quantitative estimate of drug-likeness (QED) is 0.0848. The lowest BCUT2D eigenvalue weighted by Crippen LogP contribution is -2.62. The number of amides is 1. The summed E-state index contributed by atoms with van der Waals surface area (Å²) in [6.45, 7) is 13.4. The van der Waals surface area contributed by atoms with Crippen LogP contribution in [0, 0.1) is 17.8 Å². The topological polar surface area (TPSA) is 181 Å². The summed E-state index contributed by atoms with van der Waals surface area (Å²) in [5, 5.41) is 30.1. The molecule has 4 N–H and O–H groups in total. The Morgan fingerprint density at radius 3 is 2.29 bits per heavy atom. The highest BCUT2D eigenvalue weighted by Gasteiger charge is 2.62. The summed E-state index contributed by atoms with van der Waals surface area (Å²) in [4.78, 5) is 43.3. The second kappa shape index (κ2) is 17.1. The van der Waals surface area contributed by atoms with Crippen molar-refractivity contribution in [1.82, 2.24) is 20.7 Å². The molecule has 3 aliphatic rings. The molecule has 15 nitrogen and oxygen atoms in total. The second-order valence-corrected chi connectivity index (χ2v) is 15.2. The number of aliphatic hydroxyl groups is 1. The molecule has 13 atom stereocenters. The molecule has 0 radical (unpaired) electrons. The van der Waals surface area contributed by atoms with Crippen molar-refractivity contribution < 1.29 is 52.8 Å². The molecule has 0 unspecified atom stereocenters. The number of hydrazine groups is 1. The lowest BCUT2D eigenvalue weighted by atomic mass is 9.72. The van der Waals surface area contributed by atoms with E-state index in [1.807, 2.05) is 39.8 Å². The third-order valence-electron chi connectivity index (χ3n) is 11.0. The first-order valence-electron chi connectivity index (χ1n) is 18.0. The van der Waals surface area contributed by atoms with Crippen molar-refractivity contribution >= 4 is 23.6 Å². The Bertz CT molecular complexity index is 1260. The molecule has 1 amide bonds. The smallest absolute Gasteiger partial charge is 0.425 e. The molecule has 294 valence electrons. The monoisotopic (exact) mass is 731 g/mol. The fourth-order valence-corrected chi connectivity index (χ4v) is 8.25. The van der Waals surface area contributed by atoms with Crippen LogP contribution < -0.4 is 10.7 Å². The number of ether oxygens (including phenoxy) is 5. The number of hydrogen-bond donors (Lipinski definition) is 4. The van der Waals surface area contributed by atoms with E-state index in [4.69, 9.17) is 23.7 Å². The van der Waals surface area contributed by atoms with Crippen LogP contribution in [0.25, 0.3) is 0 Å². The average molecular weight is 732 g/mol. The number of carbonyl (C=O) groups excluding carboxylic acids is 3. The number of esters is 1. The van der Waals surface area contributed by atoms with Crippen molar-refractivity contribution in [2.24, 2.45) is 22.9 Å². The van der Waals surface area contributed by atoms with Crippen molar-refractivity contribution in [3.63, 3.8) is 0 Å². The van der Waals surface area contributed by atoms with Crippen LogP contribution in [0.3, 0.4) is 0 Å². The molecule has 0 aromatic heterocycles. The number of Topliss-reactive ketones (excluding diaryl/α,β-unsaturated/α-hetero) is 1. The highest BCUT2D eigenvalue weighted by molar-refractivity contribution is 6.08. The first-order valence-corrected chi connectivity index (χ1v) is 18.0. The molecule has 0 aromatic carbocycles. The third-order valence-corrected chi connectivity index (χ3v) is 11.0. The van der Waals surface area contributed by atoms with E-state index in [9.17, 15) is 24.7 Å². The summed E-state index contributed by atoms with van der Waals surface area (Å²) in [7, 11) is 6.93. The molecule has 16 heteroatoms. The minimum atomic E-state index is -3.17. The standard InChI is InChI=1S/C35H62FN5O10/c1-13-14-24-35(8)27(41(38-10)32(45)51-35)21(4)25(39-46)19(2)18-33(6,47-16-15-37-9)29(22(5)28(43)34(7,36)31(44)49-24)50-30-26(42)23(40(11)12)17-20(3)48-30/h19-24,26-27,29-30,37-38,42,46H,13-18H2,1-12H3/b39-25+/t19-,20-,21+,22+,23+,24-,26-,27-,29-,30+,33+,34+,35-/m1/s1. The zero-order valence-corrected chi connectivity index (χ0v) is 32.4. The van der Waals surface area contributed by atoms with Crippen LogP contribution in [0.2, 0.25) is 0 Å². The van der Waals surface area contributed by atoms with Crippen LogP contribution in [-0.4, -0.2) is 145 Å². The van der Waals surface area contributed by atoms with E-state index in [2.05, 4.69) is 15.9 Å². The van der Waals surface area contributed by atoms with Crippen LogP contribution in [0.4, 0.5) is 9.18 Å². The molecular formula is C35H62FN5O10. The van der Waals surface area contributed by atoms with Crippen molar-refractivity contribution in [3.8, 4) is 0 Å².